The number of nitrogens with one attached hydrogen (secondary N) is 1. The number of nitrogens with zero attached hydrogens (tertiary/aromatic N) is 3. The molecule has 1 saturated heterocycles. The Hall–Kier alpha value is -2.98. The third-order valence-corrected chi connectivity index (χ3v) is 5.33. The third-order valence-electron chi connectivity index (χ3n) is 4.55. The van der Waals surface area contributed by atoms with E-state index in [1.54, 1.807) is 24.3 Å². The number of nitro benzene ring substituents is 1. The van der Waals surface area contributed by atoms with Crippen LogP contribution < -0.4 is 15.4 Å². The Labute approximate surface area is 166 Å². The van der Waals surface area contributed by atoms with Gasteiger partial charge in [-0.3, -0.25) is 19.6 Å². The lowest BCUT2D eigenvalue weighted by atomic mass is 10.1. The van der Waals surface area contributed by atoms with E-state index in [1.165, 1.54) is 12.1 Å². The first kappa shape index (κ1) is 19.8. The average molecular weight is 403 g/mol. The van der Waals surface area contributed by atoms with Crippen molar-refractivity contribution >= 4 is 34.9 Å². The number of nitrogen functional groups attached to an aromatic ring is 1. The van der Waals surface area contributed by atoms with Gasteiger partial charge in [0.15, 0.2) is 0 Å². The first-order chi connectivity index (χ1) is 13.3. The maximum Gasteiger partial charge on any atom is 0.293 e. The largest absolute Gasteiger partial charge is 0.507 e. The number of phenols is 1. The number of anilines is 2. The number of likely N-dealkylation sites (N-methyl/N-ethyl adjacent to an activating group) is 1. The standard InChI is InChI=1S/C18H21N5O4S/c1-21-6-8-22(9-7-21)12-2-4-14(17(24)10-12)18(25)20-28-13-3-5-15(19)16(11-13)23(26)27/h2-5,10-11,24H,6-9,19H2,1H3,(H,20,25). The summed E-state index contributed by atoms with van der Waals surface area (Å²) in [5.74, 6) is -0.607. The van der Waals surface area contributed by atoms with Gasteiger partial charge in [0.05, 0.1) is 10.5 Å². The minimum Gasteiger partial charge on any atom is -0.507 e. The Morgan fingerprint density at radius 3 is 2.57 bits per heavy atom. The molecule has 4 N–H and O–H groups in total. The molecule has 3 rings (SSSR count). The molecule has 28 heavy (non-hydrogen) atoms. The summed E-state index contributed by atoms with van der Waals surface area (Å²) in [5.41, 5.74) is 6.39. The minimum atomic E-state index is -0.579. The summed E-state index contributed by atoms with van der Waals surface area (Å²) in [7, 11) is 2.07. The molecule has 9 nitrogen and oxygen atoms in total. The summed E-state index contributed by atoms with van der Waals surface area (Å²) < 4.78 is 2.58. The fourth-order valence-corrected chi connectivity index (χ4v) is 3.51. The molecule has 2 aromatic rings. The molecule has 0 radical (unpaired) electrons. The summed E-state index contributed by atoms with van der Waals surface area (Å²) >= 11 is 0.918. The van der Waals surface area contributed by atoms with Crippen molar-refractivity contribution in [2.45, 2.75) is 4.90 Å². The van der Waals surface area contributed by atoms with Crippen molar-refractivity contribution in [3.63, 3.8) is 0 Å². The predicted molar refractivity (Wildman–Crippen MR) is 109 cm³/mol. The number of hydrogen-bond donors (Lipinski definition) is 3. The first-order valence-corrected chi connectivity index (χ1v) is 9.44. The van der Waals surface area contributed by atoms with Crippen molar-refractivity contribution in [3.05, 3.63) is 52.1 Å². The van der Waals surface area contributed by atoms with Crippen LogP contribution in [0.15, 0.2) is 41.3 Å². The molecule has 0 aromatic heterocycles. The van der Waals surface area contributed by atoms with E-state index >= 15 is 0 Å². The molecule has 1 heterocycles. The van der Waals surface area contributed by atoms with E-state index in [2.05, 4.69) is 21.6 Å². The van der Waals surface area contributed by atoms with E-state index in [9.17, 15) is 20.0 Å². The molecule has 0 atom stereocenters. The number of aromatic hydroxyl groups is 1. The molecule has 148 valence electrons. The van der Waals surface area contributed by atoms with E-state index in [4.69, 9.17) is 5.73 Å². The fourth-order valence-electron chi connectivity index (χ4n) is 2.88. The highest BCUT2D eigenvalue weighted by Gasteiger charge is 2.18. The number of nitro groups is 1. The van der Waals surface area contributed by atoms with Gasteiger partial charge in [-0.05, 0) is 43.3 Å². The lowest BCUT2D eigenvalue weighted by Gasteiger charge is -2.34. The maximum atomic E-state index is 12.4. The molecule has 1 amide bonds. The summed E-state index contributed by atoms with van der Waals surface area (Å²) in [4.78, 5) is 27.6. The molecular weight excluding hydrogens is 382 g/mol. The minimum absolute atomic E-state index is 0.0535. The molecule has 0 bridgehead atoms. The number of benzene rings is 2. The van der Waals surface area contributed by atoms with Gasteiger partial charge in [-0.15, -0.1) is 0 Å². The molecule has 0 unspecified atom stereocenters. The van der Waals surface area contributed by atoms with Gasteiger partial charge in [-0.2, -0.15) is 0 Å². The van der Waals surface area contributed by atoms with Crippen molar-refractivity contribution in [2.24, 2.45) is 0 Å². The van der Waals surface area contributed by atoms with Crippen molar-refractivity contribution in [1.29, 1.82) is 0 Å². The monoisotopic (exact) mass is 403 g/mol. The van der Waals surface area contributed by atoms with Crippen molar-refractivity contribution < 1.29 is 14.8 Å². The quantitative estimate of drug-likeness (QED) is 0.300. The zero-order chi connectivity index (χ0) is 20.3. The van der Waals surface area contributed by atoms with E-state index in [1.807, 2.05) is 0 Å². The van der Waals surface area contributed by atoms with Crippen LogP contribution in [0.5, 0.6) is 5.75 Å². The van der Waals surface area contributed by atoms with Crippen LogP contribution in [-0.2, 0) is 0 Å². The molecular formula is C18H21N5O4S. The predicted octanol–water partition coefficient (Wildman–Crippen LogP) is 2.07. The summed E-state index contributed by atoms with van der Waals surface area (Å²) in [6.45, 7) is 3.58. The molecule has 0 spiro atoms. The van der Waals surface area contributed by atoms with Crippen molar-refractivity contribution in [1.82, 2.24) is 9.62 Å². The van der Waals surface area contributed by atoms with Gasteiger partial charge in [0.1, 0.15) is 11.4 Å². The average Bonchev–Trinajstić information content (AvgIpc) is 2.67. The first-order valence-electron chi connectivity index (χ1n) is 8.63. The molecule has 1 aliphatic rings. The molecule has 1 fully saturated rings. The van der Waals surface area contributed by atoms with E-state index in [0.29, 0.717) is 4.90 Å². The number of amides is 1. The van der Waals surface area contributed by atoms with E-state index < -0.39 is 10.8 Å². The topological polar surface area (TPSA) is 125 Å². The van der Waals surface area contributed by atoms with Gasteiger partial charge in [0.25, 0.3) is 11.6 Å². The SMILES string of the molecule is CN1CCN(c2ccc(C(=O)NSc3ccc(N)c([N+](=O)[O-])c3)c(O)c2)CC1. The zero-order valence-electron chi connectivity index (χ0n) is 15.3. The Balaban J connectivity index is 1.66. The van der Waals surface area contributed by atoms with Gasteiger partial charge in [0, 0.05) is 48.9 Å². The smallest absolute Gasteiger partial charge is 0.293 e. The fraction of sp³-hybridized carbons (Fsp3) is 0.278. The van der Waals surface area contributed by atoms with Crippen LogP contribution in [0.3, 0.4) is 0 Å². The summed E-state index contributed by atoms with van der Waals surface area (Å²) in [6, 6.07) is 9.23. The zero-order valence-corrected chi connectivity index (χ0v) is 16.1. The molecule has 0 aliphatic carbocycles. The normalized spacial score (nSPS) is 14.7. The highest BCUT2D eigenvalue weighted by molar-refractivity contribution is 7.98. The lowest BCUT2D eigenvalue weighted by molar-refractivity contribution is -0.384. The van der Waals surface area contributed by atoms with Gasteiger partial charge in [-0.1, -0.05) is 0 Å². The van der Waals surface area contributed by atoms with Crippen LogP contribution in [0, 0.1) is 10.1 Å². The Morgan fingerprint density at radius 2 is 1.93 bits per heavy atom. The molecule has 0 saturated carbocycles. The summed E-state index contributed by atoms with van der Waals surface area (Å²) in [5, 5.41) is 21.2. The number of rotatable bonds is 5. The van der Waals surface area contributed by atoms with Crippen LogP contribution in [-0.4, -0.2) is 54.1 Å². The number of nitrogens with two attached hydrogens (primary N) is 1. The Morgan fingerprint density at radius 1 is 1.21 bits per heavy atom. The number of phenolic OH excluding ortho intramolecular Hbond substituents is 1. The van der Waals surface area contributed by atoms with Crippen molar-refractivity contribution in [3.8, 4) is 5.75 Å². The second-order valence-corrected chi connectivity index (χ2v) is 7.38. The van der Waals surface area contributed by atoms with Gasteiger partial charge in [-0.25, -0.2) is 0 Å². The Bertz CT molecular complexity index is 900. The molecule has 2 aromatic carbocycles. The lowest BCUT2D eigenvalue weighted by Crippen LogP contribution is -2.44. The molecule has 10 heteroatoms. The Kier molecular flexibility index (Phi) is 5.90. The van der Waals surface area contributed by atoms with E-state index in [-0.39, 0.29) is 22.7 Å². The van der Waals surface area contributed by atoms with Crippen LogP contribution in [0.4, 0.5) is 17.1 Å². The second kappa shape index (κ2) is 8.36. The highest BCUT2D eigenvalue weighted by Crippen LogP contribution is 2.29. The summed E-state index contributed by atoms with van der Waals surface area (Å²) in [6.07, 6.45) is 0. The number of carbonyl (C=O) groups excluding carboxylic acids is 1. The van der Waals surface area contributed by atoms with Crippen LogP contribution in [0.2, 0.25) is 0 Å². The third kappa shape index (κ3) is 4.46. The van der Waals surface area contributed by atoms with E-state index in [0.717, 1.165) is 43.8 Å². The second-order valence-electron chi connectivity index (χ2n) is 6.50. The van der Waals surface area contributed by atoms with Gasteiger partial charge in [0.2, 0.25) is 0 Å². The highest BCUT2D eigenvalue weighted by atomic mass is 32.2. The van der Waals surface area contributed by atoms with Gasteiger partial charge >= 0.3 is 0 Å². The molecule has 1 aliphatic heterocycles. The number of piperazine rings is 1. The van der Waals surface area contributed by atoms with Crippen LogP contribution >= 0.6 is 11.9 Å². The van der Waals surface area contributed by atoms with Crippen molar-refractivity contribution in [2.75, 3.05) is 43.9 Å². The van der Waals surface area contributed by atoms with Gasteiger partial charge < -0.3 is 20.6 Å². The number of carbonyl (C=O) groups is 1. The van der Waals surface area contributed by atoms with Crippen LogP contribution in [0.25, 0.3) is 0 Å². The number of hydrogen-bond acceptors (Lipinski definition) is 8. The maximum absolute atomic E-state index is 12.4. The van der Waals surface area contributed by atoms with Crippen LogP contribution in [0.1, 0.15) is 10.4 Å².